The number of hydrogen-bond acceptors (Lipinski definition) is 0. The van der Waals surface area contributed by atoms with Gasteiger partial charge in [-0.1, -0.05) is 76.2 Å². The summed E-state index contributed by atoms with van der Waals surface area (Å²) < 4.78 is 2.45. The lowest BCUT2D eigenvalue weighted by Crippen LogP contribution is -2.33. The Morgan fingerprint density at radius 2 is 1.24 bits per heavy atom. The standard InChI is InChI=1S/C36H32N2/c1-35(2)18-19-36(3,4)27-21-29-25(20-26(27)35)32-28(37-29)15-17-31-34(32)33-24-13-9-8-10-22(24)14-16-30(33)38(31)23-11-6-5-7-12-23/h5-17,20-21,37H,18-19H2,1-4H3. The Morgan fingerprint density at radius 3 is 2.03 bits per heavy atom. The Hall–Kier alpha value is -4.04. The van der Waals surface area contributed by atoms with Gasteiger partial charge in [-0.25, -0.2) is 0 Å². The number of aromatic amines is 1. The van der Waals surface area contributed by atoms with Gasteiger partial charge in [-0.3, -0.25) is 0 Å². The van der Waals surface area contributed by atoms with E-state index in [1.165, 1.54) is 84.0 Å². The van der Waals surface area contributed by atoms with Gasteiger partial charge in [0.1, 0.15) is 0 Å². The number of fused-ring (bicyclic) bond motifs is 10. The lowest BCUT2D eigenvalue weighted by Gasteiger charge is -2.41. The summed E-state index contributed by atoms with van der Waals surface area (Å²) in [4.78, 5) is 3.84. The van der Waals surface area contributed by atoms with Crippen LogP contribution in [0.3, 0.4) is 0 Å². The number of benzene rings is 5. The Balaban J connectivity index is 1.62. The topological polar surface area (TPSA) is 20.7 Å². The third-order valence-corrected chi connectivity index (χ3v) is 9.37. The van der Waals surface area contributed by atoms with Gasteiger partial charge in [0.25, 0.3) is 0 Å². The maximum Gasteiger partial charge on any atom is 0.0549 e. The third kappa shape index (κ3) is 2.83. The van der Waals surface area contributed by atoms with Crippen molar-refractivity contribution in [1.82, 2.24) is 9.55 Å². The highest BCUT2D eigenvalue weighted by Crippen LogP contribution is 2.49. The van der Waals surface area contributed by atoms with Gasteiger partial charge >= 0.3 is 0 Å². The molecule has 0 atom stereocenters. The number of hydrogen-bond donors (Lipinski definition) is 1. The summed E-state index contributed by atoms with van der Waals surface area (Å²) in [5.41, 5.74) is 9.54. The van der Waals surface area contributed by atoms with Gasteiger partial charge < -0.3 is 9.55 Å². The Labute approximate surface area is 222 Å². The van der Waals surface area contributed by atoms with Crippen LogP contribution in [0.5, 0.6) is 0 Å². The molecular formula is C36H32N2. The van der Waals surface area contributed by atoms with Crippen molar-refractivity contribution >= 4 is 54.4 Å². The first-order valence-electron chi connectivity index (χ1n) is 13.8. The maximum atomic E-state index is 3.84. The molecule has 0 fully saturated rings. The fourth-order valence-corrected chi connectivity index (χ4v) is 7.18. The second-order valence-electron chi connectivity index (χ2n) is 12.6. The summed E-state index contributed by atoms with van der Waals surface area (Å²) in [5.74, 6) is 0. The van der Waals surface area contributed by atoms with Crippen molar-refractivity contribution in [3.8, 4) is 5.69 Å². The predicted molar refractivity (Wildman–Crippen MR) is 163 cm³/mol. The number of nitrogens with one attached hydrogen (secondary N) is 1. The minimum atomic E-state index is 0.168. The van der Waals surface area contributed by atoms with Gasteiger partial charge in [-0.2, -0.15) is 0 Å². The largest absolute Gasteiger partial charge is 0.354 e. The number of aromatic nitrogens is 2. The molecule has 0 bridgehead atoms. The molecule has 1 aliphatic carbocycles. The van der Waals surface area contributed by atoms with E-state index in [4.69, 9.17) is 0 Å². The quantitative estimate of drug-likeness (QED) is 0.235. The number of para-hydroxylation sites is 1. The van der Waals surface area contributed by atoms with Crippen LogP contribution >= 0.6 is 0 Å². The first-order valence-corrected chi connectivity index (χ1v) is 13.8. The molecule has 186 valence electrons. The van der Waals surface area contributed by atoms with E-state index in [0.29, 0.717) is 0 Å². The van der Waals surface area contributed by atoms with Crippen LogP contribution in [-0.2, 0) is 10.8 Å². The molecule has 7 aromatic rings. The molecule has 0 spiro atoms. The van der Waals surface area contributed by atoms with Crippen LogP contribution in [0, 0.1) is 0 Å². The van der Waals surface area contributed by atoms with Gasteiger partial charge in [0.05, 0.1) is 11.0 Å². The first-order chi connectivity index (χ1) is 18.3. The summed E-state index contributed by atoms with van der Waals surface area (Å²) in [6.45, 7) is 9.67. The van der Waals surface area contributed by atoms with E-state index in [2.05, 4.69) is 128 Å². The monoisotopic (exact) mass is 492 g/mol. The van der Waals surface area contributed by atoms with Crippen LogP contribution in [0.1, 0.15) is 51.7 Å². The van der Waals surface area contributed by atoms with Gasteiger partial charge in [-0.05, 0) is 88.0 Å². The summed E-state index contributed by atoms with van der Waals surface area (Å²) >= 11 is 0. The number of H-pyrrole nitrogens is 1. The molecule has 1 N–H and O–H groups in total. The lowest BCUT2D eigenvalue weighted by molar-refractivity contribution is 0.332. The van der Waals surface area contributed by atoms with E-state index in [1.54, 1.807) is 0 Å². The van der Waals surface area contributed by atoms with E-state index in [9.17, 15) is 0 Å². The van der Waals surface area contributed by atoms with Gasteiger partial charge in [0, 0.05) is 38.3 Å². The minimum Gasteiger partial charge on any atom is -0.354 e. The van der Waals surface area contributed by atoms with Crippen molar-refractivity contribution in [2.45, 2.75) is 51.4 Å². The zero-order valence-electron chi connectivity index (χ0n) is 22.5. The normalized spacial score (nSPS) is 16.6. The predicted octanol–water partition coefficient (Wildman–Crippen LogP) is 9.92. The van der Waals surface area contributed by atoms with Crippen LogP contribution < -0.4 is 0 Å². The molecule has 0 aliphatic heterocycles. The smallest absolute Gasteiger partial charge is 0.0549 e. The highest BCUT2D eigenvalue weighted by atomic mass is 15.0. The van der Waals surface area contributed by atoms with Crippen molar-refractivity contribution in [2.24, 2.45) is 0 Å². The molecule has 0 saturated carbocycles. The SMILES string of the molecule is CC1(C)CCC(C)(C)c2cc3c(cc21)[nH]c1ccc2c(c13)c1c3ccccc3ccc1n2-c1ccccc1. The van der Waals surface area contributed by atoms with Crippen LogP contribution in [0.4, 0.5) is 0 Å². The van der Waals surface area contributed by atoms with Crippen molar-refractivity contribution in [2.75, 3.05) is 0 Å². The average molecular weight is 493 g/mol. The molecule has 2 aromatic heterocycles. The van der Waals surface area contributed by atoms with Crippen LogP contribution in [0.15, 0.2) is 91.0 Å². The van der Waals surface area contributed by atoms with E-state index in [0.717, 1.165) is 0 Å². The van der Waals surface area contributed by atoms with Crippen molar-refractivity contribution in [1.29, 1.82) is 0 Å². The lowest BCUT2D eigenvalue weighted by atomic mass is 9.63. The van der Waals surface area contributed by atoms with Crippen LogP contribution in [0.25, 0.3) is 60.1 Å². The molecule has 0 radical (unpaired) electrons. The third-order valence-electron chi connectivity index (χ3n) is 9.37. The highest BCUT2D eigenvalue weighted by molar-refractivity contribution is 6.33. The molecule has 1 aliphatic rings. The number of nitrogens with zero attached hydrogens (tertiary/aromatic N) is 1. The van der Waals surface area contributed by atoms with E-state index in [1.807, 2.05) is 0 Å². The van der Waals surface area contributed by atoms with Gasteiger partial charge in [0.2, 0.25) is 0 Å². The molecule has 38 heavy (non-hydrogen) atoms. The van der Waals surface area contributed by atoms with Crippen molar-refractivity contribution < 1.29 is 0 Å². The fourth-order valence-electron chi connectivity index (χ4n) is 7.18. The second-order valence-corrected chi connectivity index (χ2v) is 12.6. The summed E-state index contributed by atoms with van der Waals surface area (Å²) in [6.07, 6.45) is 2.44. The highest BCUT2D eigenvalue weighted by Gasteiger charge is 2.37. The summed E-state index contributed by atoms with van der Waals surface area (Å²) in [6, 6.07) is 33.8. The molecule has 2 heterocycles. The molecule has 0 amide bonds. The molecule has 0 saturated heterocycles. The van der Waals surface area contributed by atoms with Crippen LogP contribution in [-0.4, -0.2) is 9.55 Å². The van der Waals surface area contributed by atoms with Crippen LogP contribution in [0.2, 0.25) is 0 Å². The number of rotatable bonds is 1. The van der Waals surface area contributed by atoms with E-state index in [-0.39, 0.29) is 10.8 Å². The summed E-state index contributed by atoms with van der Waals surface area (Å²) in [7, 11) is 0. The maximum absolute atomic E-state index is 3.84. The molecule has 0 unspecified atom stereocenters. The van der Waals surface area contributed by atoms with E-state index >= 15 is 0 Å². The summed E-state index contributed by atoms with van der Waals surface area (Å²) in [5, 5.41) is 7.96. The van der Waals surface area contributed by atoms with Gasteiger partial charge in [0.15, 0.2) is 0 Å². The van der Waals surface area contributed by atoms with Crippen molar-refractivity contribution in [3.63, 3.8) is 0 Å². The Morgan fingerprint density at radius 1 is 0.579 bits per heavy atom. The first kappa shape index (κ1) is 22.0. The molecule has 2 nitrogen and oxygen atoms in total. The van der Waals surface area contributed by atoms with E-state index < -0.39 is 0 Å². The Kier molecular flexibility index (Phi) is 4.22. The molecular weight excluding hydrogens is 460 g/mol. The molecule has 8 rings (SSSR count). The molecule has 5 aromatic carbocycles. The fraction of sp³-hybridized carbons (Fsp3) is 0.222. The zero-order chi connectivity index (χ0) is 25.8. The minimum absolute atomic E-state index is 0.168. The second kappa shape index (κ2) is 7.29. The zero-order valence-corrected chi connectivity index (χ0v) is 22.5. The molecule has 2 heteroatoms. The average Bonchev–Trinajstić information content (AvgIpc) is 3.46. The Bertz CT molecular complexity index is 2070. The van der Waals surface area contributed by atoms with Gasteiger partial charge in [-0.15, -0.1) is 0 Å². The van der Waals surface area contributed by atoms with Crippen molar-refractivity contribution in [3.05, 3.63) is 102 Å².